The van der Waals surface area contributed by atoms with Crippen LogP contribution in [0.4, 0.5) is 30.5 Å². The summed E-state index contributed by atoms with van der Waals surface area (Å²) in [6, 6.07) is 13.7. The van der Waals surface area contributed by atoms with Crippen molar-refractivity contribution < 1.29 is 18.0 Å². The molecule has 8 nitrogen and oxygen atoms in total. The number of halogens is 4. The minimum atomic E-state index is -4.61. The maximum atomic E-state index is 13.6. The molecule has 5 aromatic rings. The lowest BCUT2D eigenvalue weighted by molar-refractivity contribution is -0.137. The summed E-state index contributed by atoms with van der Waals surface area (Å²) in [7, 11) is 0. The number of carbonyl (C=O) groups excluding carboxylic acids is 1. The summed E-state index contributed by atoms with van der Waals surface area (Å²) in [6.45, 7) is 3.57. The number of aromatic amines is 1. The molecule has 0 radical (unpaired) electrons. The van der Waals surface area contributed by atoms with E-state index in [2.05, 4.69) is 35.6 Å². The highest BCUT2D eigenvalue weighted by molar-refractivity contribution is 6.05. The van der Waals surface area contributed by atoms with Crippen LogP contribution in [-0.2, 0) is 6.18 Å². The zero-order chi connectivity index (χ0) is 27.6. The summed E-state index contributed by atoms with van der Waals surface area (Å²) >= 11 is 0. The third-order valence-corrected chi connectivity index (χ3v) is 5.86. The minimum Gasteiger partial charge on any atom is -0.344 e. The highest BCUT2D eigenvalue weighted by Gasteiger charge is 2.31. The van der Waals surface area contributed by atoms with Gasteiger partial charge >= 0.3 is 6.18 Å². The van der Waals surface area contributed by atoms with Crippen molar-refractivity contribution >= 4 is 35.6 Å². The van der Waals surface area contributed by atoms with Gasteiger partial charge in [-0.05, 0) is 67.9 Å². The first-order valence-electron chi connectivity index (χ1n) is 11.8. The molecule has 0 aliphatic heterocycles. The monoisotopic (exact) mass is 565 g/mol. The Balaban J connectivity index is 0.00000370. The summed E-state index contributed by atoms with van der Waals surface area (Å²) in [6.07, 6.45) is 1.94. The Hall–Kier alpha value is -4.77. The number of hydrogen-bond donors (Lipinski definition) is 3. The zero-order valence-corrected chi connectivity index (χ0v) is 22.1. The first kappa shape index (κ1) is 28.2. The zero-order valence-electron chi connectivity index (χ0n) is 21.2. The number of hydrogen-bond acceptors (Lipinski definition) is 6. The van der Waals surface area contributed by atoms with Gasteiger partial charge in [-0.3, -0.25) is 9.78 Å². The number of nitrogens with one attached hydrogen (secondary N) is 3. The highest BCUT2D eigenvalue weighted by atomic mass is 35.5. The molecule has 12 heteroatoms. The molecule has 2 aromatic carbocycles. The molecule has 0 atom stereocenters. The number of aromatic nitrogens is 5. The van der Waals surface area contributed by atoms with E-state index in [4.69, 9.17) is 0 Å². The van der Waals surface area contributed by atoms with Gasteiger partial charge < -0.3 is 15.6 Å². The van der Waals surface area contributed by atoms with E-state index in [1.54, 1.807) is 62.0 Å². The number of imidazole rings is 1. The number of aryl methyl sites for hydroxylation is 2. The second kappa shape index (κ2) is 11.5. The molecule has 0 saturated carbocycles. The van der Waals surface area contributed by atoms with Crippen LogP contribution in [0.5, 0.6) is 0 Å². The van der Waals surface area contributed by atoms with Gasteiger partial charge in [-0.2, -0.15) is 13.2 Å². The van der Waals surface area contributed by atoms with E-state index >= 15 is 0 Å². The van der Waals surface area contributed by atoms with Crippen molar-refractivity contribution in [1.29, 1.82) is 0 Å². The van der Waals surface area contributed by atoms with E-state index in [1.165, 1.54) is 6.07 Å². The summed E-state index contributed by atoms with van der Waals surface area (Å²) in [4.78, 5) is 33.0. The first-order valence-corrected chi connectivity index (χ1v) is 11.8. The molecule has 1 amide bonds. The molecule has 0 bridgehead atoms. The lowest BCUT2D eigenvalue weighted by Crippen LogP contribution is -2.14. The van der Waals surface area contributed by atoms with E-state index in [0.717, 1.165) is 23.3 Å². The van der Waals surface area contributed by atoms with Gasteiger partial charge in [0.1, 0.15) is 5.82 Å². The topological polar surface area (TPSA) is 108 Å². The Labute approximate surface area is 233 Å². The number of H-pyrrole nitrogens is 1. The minimum absolute atomic E-state index is 0. The normalized spacial score (nSPS) is 11.0. The van der Waals surface area contributed by atoms with Crippen LogP contribution in [0.25, 0.3) is 22.6 Å². The average molecular weight is 566 g/mol. The Morgan fingerprint density at radius 3 is 2.48 bits per heavy atom. The number of benzene rings is 2. The quantitative estimate of drug-likeness (QED) is 0.205. The molecule has 0 aliphatic carbocycles. The Morgan fingerprint density at radius 1 is 0.950 bits per heavy atom. The molecular formula is C28H23ClF3N7O. The standard InChI is InChI=1S/C28H22F3N7O.ClH/c1-16-5-6-18(12-24(16)38-27-33-9-7-23(37-27)19-4-3-8-32-15-19)26(39)36-22-11-20(25-34-14-17(2)35-25)10-21(13-22)28(29,30)31;/h3-15H,1-2H3,(H,34,35)(H,36,39)(H,33,37,38);1H. The van der Waals surface area contributed by atoms with Crippen LogP contribution in [0, 0.1) is 13.8 Å². The molecule has 0 fully saturated rings. The fraction of sp³-hybridized carbons (Fsp3) is 0.107. The van der Waals surface area contributed by atoms with Crippen molar-refractivity contribution in [2.75, 3.05) is 10.6 Å². The maximum Gasteiger partial charge on any atom is 0.416 e. The number of alkyl halides is 3. The van der Waals surface area contributed by atoms with Crippen LogP contribution in [0.3, 0.4) is 0 Å². The maximum absolute atomic E-state index is 13.6. The summed E-state index contributed by atoms with van der Waals surface area (Å²) in [5.41, 5.74) is 3.02. The van der Waals surface area contributed by atoms with E-state index in [-0.39, 0.29) is 35.0 Å². The molecule has 40 heavy (non-hydrogen) atoms. The predicted molar refractivity (Wildman–Crippen MR) is 149 cm³/mol. The number of rotatable bonds is 6. The van der Waals surface area contributed by atoms with E-state index in [1.807, 2.05) is 13.0 Å². The second-order valence-electron chi connectivity index (χ2n) is 8.80. The SMILES string of the molecule is Cc1c[nH]c(-c2cc(NC(=O)c3ccc(C)c(Nc4nccc(-c5cccnc5)n4)c3)cc(C(F)(F)F)c2)n1.Cl. The molecule has 0 saturated heterocycles. The molecule has 3 heterocycles. The van der Waals surface area contributed by atoms with Crippen LogP contribution >= 0.6 is 12.4 Å². The Kier molecular flexibility index (Phi) is 8.15. The fourth-order valence-electron chi connectivity index (χ4n) is 3.88. The molecule has 0 spiro atoms. The molecule has 0 aliphatic rings. The lowest BCUT2D eigenvalue weighted by Gasteiger charge is -2.14. The number of amides is 1. The van der Waals surface area contributed by atoms with E-state index < -0.39 is 17.6 Å². The lowest BCUT2D eigenvalue weighted by atomic mass is 10.1. The Morgan fingerprint density at radius 2 is 1.77 bits per heavy atom. The largest absolute Gasteiger partial charge is 0.416 e. The van der Waals surface area contributed by atoms with Crippen molar-refractivity contribution in [2.24, 2.45) is 0 Å². The van der Waals surface area contributed by atoms with Gasteiger partial charge in [0.2, 0.25) is 5.95 Å². The van der Waals surface area contributed by atoms with Gasteiger partial charge in [0.25, 0.3) is 5.91 Å². The molecule has 3 aromatic heterocycles. The second-order valence-corrected chi connectivity index (χ2v) is 8.80. The molecule has 3 N–H and O–H groups in total. The van der Waals surface area contributed by atoms with Gasteiger partial charge in [-0.15, -0.1) is 12.4 Å². The Bertz CT molecular complexity index is 1660. The van der Waals surface area contributed by atoms with Crippen molar-refractivity contribution in [1.82, 2.24) is 24.9 Å². The van der Waals surface area contributed by atoms with Crippen molar-refractivity contribution in [2.45, 2.75) is 20.0 Å². The fourth-order valence-corrected chi connectivity index (χ4v) is 3.88. The van der Waals surface area contributed by atoms with Crippen molar-refractivity contribution in [3.8, 4) is 22.6 Å². The van der Waals surface area contributed by atoms with Crippen LogP contribution in [0.15, 0.2) is 79.4 Å². The predicted octanol–water partition coefficient (Wildman–Crippen LogP) is 6.98. The van der Waals surface area contributed by atoms with Crippen molar-refractivity contribution in [3.05, 3.63) is 102 Å². The van der Waals surface area contributed by atoms with Crippen molar-refractivity contribution in [3.63, 3.8) is 0 Å². The highest BCUT2D eigenvalue weighted by Crippen LogP contribution is 2.34. The third kappa shape index (κ3) is 6.44. The van der Waals surface area contributed by atoms with E-state index in [0.29, 0.717) is 23.0 Å². The number of anilines is 3. The molecular weight excluding hydrogens is 543 g/mol. The molecule has 204 valence electrons. The number of pyridine rings is 1. The van der Waals surface area contributed by atoms with Gasteiger partial charge in [0, 0.05) is 52.9 Å². The van der Waals surface area contributed by atoms with Crippen LogP contribution < -0.4 is 10.6 Å². The summed E-state index contributed by atoms with van der Waals surface area (Å²) < 4.78 is 40.8. The van der Waals surface area contributed by atoms with Gasteiger partial charge in [-0.1, -0.05) is 6.07 Å². The van der Waals surface area contributed by atoms with Crippen LogP contribution in [-0.4, -0.2) is 30.8 Å². The summed E-state index contributed by atoms with van der Waals surface area (Å²) in [5.74, 6) is 0.00156. The van der Waals surface area contributed by atoms with Gasteiger partial charge in [0.05, 0.1) is 17.0 Å². The molecule has 5 rings (SSSR count). The summed E-state index contributed by atoms with van der Waals surface area (Å²) in [5, 5.41) is 5.70. The smallest absolute Gasteiger partial charge is 0.344 e. The van der Waals surface area contributed by atoms with Crippen LogP contribution in [0.1, 0.15) is 27.2 Å². The third-order valence-electron chi connectivity index (χ3n) is 5.86. The first-order chi connectivity index (χ1) is 18.7. The van der Waals surface area contributed by atoms with Gasteiger partial charge in [-0.25, -0.2) is 15.0 Å². The molecule has 0 unspecified atom stereocenters. The average Bonchev–Trinajstić information content (AvgIpc) is 3.36. The van der Waals surface area contributed by atoms with E-state index in [9.17, 15) is 18.0 Å². The number of carbonyl (C=O) groups is 1. The van der Waals surface area contributed by atoms with Gasteiger partial charge in [0.15, 0.2) is 0 Å². The number of nitrogens with zero attached hydrogens (tertiary/aromatic N) is 4. The van der Waals surface area contributed by atoms with Crippen LogP contribution in [0.2, 0.25) is 0 Å².